The number of benzene rings is 2. The lowest BCUT2D eigenvalue weighted by atomic mass is 10.0. The van der Waals surface area contributed by atoms with Gasteiger partial charge in [0.15, 0.2) is 5.96 Å². The first kappa shape index (κ1) is 17.0. The molecule has 0 saturated carbocycles. The van der Waals surface area contributed by atoms with Crippen molar-refractivity contribution in [3.63, 3.8) is 0 Å². The first-order valence-corrected chi connectivity index (χ1v) is 7.82. The van der Waals surface area contributed by atoms with Gasteiger partial charge in [0, 0.05) is 12.1 Å². The quantitative estimate of drug-likeness (QED) is 0.554. The summed E-state index contributed by atoms with van der Waals surface area (Å²) in [6.07, 6.45) is 0.869. The van der Waals surface area contributed by atoms with Crippen LogP contribution in [-0.4, -0.2) is 27.5 Å². The van der Waals surface area contributed by atoms with Crippen LogP contribution >= 0.6 is 12.4 Å². The minimum atomic E-state index is -0.0765. The Labute approximate surface area is 151 Å². The molecular weight excluding hydrogens is 338 g/mol. The summed E-state index contributed by atoms with van der Waals surface area (Å²) in [5.41, 5.74) is 8.75. The number of nitrogens with two attached hydrogens (primary N) is 1. The topological polar surface area (TPSA) is 92.0 Å². The Bertz CT molecular complexity index is 863. The third-order valence-electron chi connectivity index (χ3n) is 4.31. The van der Waals surface area contributed by atoms with Crippen molar-refractivity contribution in [1.29, 1.82) is 5.41 Å². The van der Waals surface area contributed by atoms with Gasteiger partial charge in [-0.25, -0.2) is 0 Å². The molecule has 128 valence electrons. The molecule has 0 radical (unpaired) electrons. The third-order valence-corrected chi connectivity index (χ3v) is 4.31. The molecule has 2 aromatic carbocycles. The molecule has 2 heterocycles. The van der Waals surface area contributed by atoms with E-state index in [-0.39, 0.29) is 24.4 Å². The van der Waals surface area contributed by atoms with E-state index >= 15 is 0 Å². The summed E-state index contributed by atoms with van der Waals surface area (Å²) in [5.74, 6) is 1.11. The highest BCUT2D eigenvalue weighted by molar-refractivity contribution is 5.85. The van der Waals surface area contributed by atoms with E-state index in [1.165, 1.54) is 5.56 Å². The van der Waals surface area contributed by atoms with E-state index in [4.69, 9.17) is 15.7 Å². The molecule has 0 spiro atoms. The molecule has 0 amide bonds. The highest BCUT2D eigenvalue weighted by Gasteiger charge is 2.35. The first-order chi connectivity index (χ1) is 11.7. The Morgan fingerprint density at radius 1 is 1.04 bits per heavy atom. The van der Waals surface area contributed by atoms with Gasteiger partial charge in [-0.15, -0.1) is 12.4 Å². The second kappa shape index (κ2) is 6.94. The predicted octanol–water partition coefficient (Wildman–Crippen LogP) is 3.47. The highest BCUT2D eigenvalue weighted by Crippen LogP contribution is 2.32. The summed E-state index contributed by atoms with van der Waals surface area (Å²) in [6, 6.07) is 18.2. The summed E-state index contributed by atoms with van der Waals surface area (Å²) in [5, 5.41) is 11.6. The Hall–Kier alpha value is -2.86. The minimum Gasteiger partial charge on any atom is -0.370 e. The van der Waals surface area contributed by atoms with E-state index in [0.29, 0.717) is 11.7 Å². The van der Waals surface area contributed by atoms with Crippen molar-refractivity contribution >= 4 is 18.4 Å². The minimum absolute atomic E-state index is 0. The maximum atomic E-state index is 7.52. The number of aromatic nitrogens is 2. The molecule has 1 aliphatic heterocycles. The van der Waals surface area contributed by atoms with Crippen LogP contribution in [0, 0.1) is 5.41 Å². The number of nitrogens with zero attached hydrogens (tertiary/aromatic N) is 3. The van der Waals surface area contributed by atoms with Crippen LogP contribution in [0.25, 0.3) is 22.5 Å². The Balaban J connectivity index is 0.00000182. The lowest BCUT2D eigenvalue weighted by molar-refractivity contribution is 0.141. The van der Waals surface area contributed by atoms with E-state index in [0.717, 1.165) is 24.1 Å². The smallest absolute Gasteiger partial charge is 0.249 e. The Morgan fingerprint density at radius 3 is 2.28 bits per heavy atom. The van der Waals surface area contributed by atoms with Gasteiger partial charge in [0.1, 0.15) is 6.04 Å². The number of nitrogens with one attached hydrogen (secondary N) is 1. The summed E-state index contributed by atoms with van der Waals surface area (Å²) in [6.45, 7) is 0.753. The van der Waals surface area contributed by atoms with Crippen molar-refractivity contribution in [3.8, 4) is 22.5 Å². The van der Waals surface area contributed by atoms with E-state index in [1.54, 1.807) is 4.90 Å². The Morgan fingerprint density at radius 2 is 1.68 bits per heavy atom. The standard InChI is InChI=1S/C18H17N5O.ClH/c19-18(20)23-11-10-15(23)17-21-16(22-24-17)14-8-6-13(7-9-14)12-4-2-1-3-5-12;/h1-9,15H,10-11H2,(H3,19,20);1H/t15-;/m0./s1. The molecule has 1 aromatic heterocycles. The van der Waals surface area contributed by atoms with Gasteiger partial charge in [0.25, 0.3) is 0 Å². The fourth-order valence-corrected chi connectivity index (χ4v) is 2.86. The number of guanidine groups is 1. The lowest BCUT2D eigenvalue weighted by Gasteiger charge is -2.38. The van der Waals surface area contributed by atoms with Crippen molar-refractivity contribution in [1.82, 2.24) is 15.0 Å². The fourth-order valence-electron chi connectivity index (χ4n) is 2.86. The van der Waals surface area contributed by atoms with Crippen LogP contribution in [0.4, 0.5) is 0 Å². The van der Waals surface area contributed by atoms with Crippen LogP contribution in [0.15, 0.2) is 59.1 Å². The van der Waals surface area contributed by atoms with Crippen LogP contribution < -0.4 is 5.73 Å². The van der Waals surface area contributed by atoms with Crippen LogP contribution in [0.1, 0.15) is 18.4 Å². The van der Waals surface area contributed by atoms with Gasteiger partial charge in [-0.05, 0) is 17.5 Å². The monoisotopic (exact) mass is 355 g/mol. The van der Waals surface area contributed by atoms with Gasteiger partial charge in [0.2, 0.25) is 11.7 Å². The maximum Gasteiger partial charge on any atom is 0.249 e. The van der Waals surface area contributed by atoms with Crippen molar-refractivity contribution < 1.29 is 4.52 Å². The molecule has 1 aliphatic rings. The van der Waals surface area contributed by atoms with E-state index in [1.807, 2.05) is 42.5 Å². The van der Waals surface area contributed by atoms with Crippen LogP contribution in [-0.2, 0) is 0 Å². The third kappa shape index (κ3) is 3.21. The van der Waals surface area contributed by atoms with Crippen LogP contribution in [0.2, 0.25) is 0 Å². The summed E-state index contributed by atoms with van der Waals surface area (Å²) in [4.78, 5) is 6.21. The lowest BCUT2D eigenvalue weighted by Crippen LogP contribution is -2.48. The van der Waals surface area contributed by atoms with Crippen molar-refractivity contribution in [2.24, 2.45) is 5.73 Å². The molecule has 1 saturated heterocycles. The van der Waals surface area contributed by atoms with E-state index in [9.17, 15) is 0 Å². The fraction of sp³-hybridized carbons (Fsp3) is 0.167. The molecule has 7 heteroatoms. The van der Waals surface area contributed by atoms with Crippen molar-refractivity contribution in [2.75, 3.05) is 6.54 Å². The van der Waals surface area contributed by atoms with E-state index in [2.05, 4.69) is 22.3 Å². The van der Waals surface area contributed by atoms with Gasteiger partial charge in [-0.2, -0.15) is 4.98 Å². The zero-order chi connectivity index (χ0) is 16.5. The van der Waals surface area contributed by atoms with Crippen molar-refractivity contribution in [3.05, 3.63) is 60.5 Å². The molecular formula is C18H18ClN5O. The number of hydrogen-bond acceptors (Lipinski definition) is 4. The molecule has 1 fully saturated rings. The summed E-state index contributed by atoms with van der Waals surface area (Å²) < 4.78 is 5.36. The average Bonchev–Trinajstić information content (AvgIpc) is 3.03. The second-order valence-corrected chi connectivity index (χ2v) is 5.78. The molecule has 4 rings (SSSR count). The van der Waals surface area contributed by atoms with Gasteiger partial charge >= 0.3 is 0 Å². The largest absolute Gasteiger partial charge is 0.370 e. The zero-order valence-electron chi connectivity index (χ0n) is 13.4. The molecule has 3 aromatic rings. The van der Waals surface area contributed by atoms with Crippen LogP contribution in [0.3, 0.4) is 0 Å². The maximum absolute atomic E-state index is 7.52. The number of hydrogen-bond donors (Lipinski definition) is 2. The molecule has 6 nitrogen and oxygen atoms in total. The molecule has 0 aliphatic carbocycles. The number of halogens is 1. The second-order valence-electron chi connectivity index (χ2n) is 5.78. The SMILES string of the molecule is Cl.N=C(N)N1CC[C@H]1c1nc(-c2ccc(-c3ccccc3)cc2)no1. The molecule has 1 atom stereocenters. The van der Waals surface area contributed by atoms with Gasteiger partial charge in [-0.1, -0.05) is 59.8 Å². The summed E-state index contributed by atoms with van der Waals surface area (Å²) in [7, 11) is 0. The number of rotatable bonds is 3. The predicted molar refractivity (Wildman–Crippen MR) is 98.4 cm³/mol. The molecule has 25 heavy (non-hydrogen) atoms. The summed E-state index contributed by atoms with van der Waals surface area (Å²) >= 11 is 0. The normalized spacial score (nSPS) is 16.0. The Kier molecular flexibility index (Phi) is 4.72. The molecule has 0 unspecified atom stereocenters. The van der Waals surface area contributed by atoms with Gasteiger partial charge in [0.05, 0.1) is 0 Å². The van der Waals surface area contributed by atoms with Gasteiger partial charge in [-0.3, -0.25) is 5.41 Å². The van der Waals surface area contributed by atoms with Gasteiger partial charge < -0.3 is 15.2 Å². The van der Waals surface area contributed by atoms with Crippen molar-refractivity contribution in [2.45, 2.75) is 12.5 Å². The molecule has 0 bridgehead atoms. The average molecular weight is 356 g/mol. The highest BCUT2D eigenvalue weighted by atomic mass is 35.5. The first-order valence-electron chi connectivity index (χ1n) is 7.82. The molecule has 3 N–H and O–H groups in total. The van der Waals surface area contributed by atoms with Crippen LogP contribution in [0.5, 0.6) is 0 Å². The van der Waals surface area contributed by atoms with E-state index < -0.39 is 0 Å². The zero-order valence-corrected chi connectivity index (χ0v) is 14.2. The number of likely N-dealkylation sites (tertiary alicyclic amines) is 1.